The fourth-order valence-corrected chi connectivity index (χ4v) is 8.43. The van der Waals surface area contributed by atoms with Gasteiger partial charge in [-0.05, 0) is 73.4 Å². The molecule has 2 bridgehead atoms. The van der Waals surface area contributed by atoms with Gasteiger partial charge < -0.3 is 10.2 Å². The lowest BCUT2D eigenvalue weighted by molar-refractivity contribution is -0.162. The van der Waals surface area contributed by atoms with Gasteiger partial charge in [0.25, 0.3) is 10.0 Å². The third-order valence-corrected chi connectivity index (χ3v) is 10.2. The van der Waals surface area contributed by atoms with E-state index in [0.29, 0.717) is 5.56 Å². The first-order valence-corrected chi connectivity index (χ1v) is 16.1. The first kappa shape index (κ1) is 25.9. The number of Topliss-reactive ketones (excluding diaryl/α,β-unsaturated/α-hetero) is 1. The minimum atomic E-state index is -4.36. The summed E-state index contributed by atoms with van der Waals surface area (Å²) in [4.78, 5) is 29.4. The third kappa shape index (κ3) is 4.61. The molecule has 39 heavy (non-hydrogen) atoms. The van der Waals surface area contributed by atoms with Gasteiger partial charge in [0, 0.05) is 24.2 Å². The van der Waals surface area contributed by atoms with Gasteiger partial charge in [-0.3, -0.25) is 14.3 Å². The van der Waals surface area contributed by atoms with E-state index in [1.54, 1.807) is 17.0 Å². The van der Waals surface area contributed by atoms with Crippen LogP contribution in [0.5, 0.6) is 0 Å². The average molecular weight is 575 g/mol. The molecule has 2 aromatic carbocycles. The molecule has 1 saturated heterocycles. The van der Waals surface area contributed by atoms with Crippen molar-refractivity contribution in [1.29, 1.82) is 0 Å². The second kappa shape index (κ2) is 9.12. The number of hydrogen-bond donors (Lipinski definition) is 2. The predicted molar refractivity (Wildman–Crippen MR) is 141 cm³/mol. The molecule has 2 aliphatic heterocycles. The van der Waals surface area contributed by atoms with Gasteiger partial charge in [0.2, 0.25) is 15.9 Å². The maximum atomic E-state index is 14.0. The molecular weight excluding hydrogens is 547 g/mol. The molecule has 2 aromatic rings. The van der Waals surface area contributed by atoms with Gasteiger partial charge in [0.05, 0.1) is 11.9 Å². The van der Waals surface area contributed by atoms with Crippen LogP contribution in [0.1, 0.15) is 31.2 Å². The van der Waals surface area contributed by atoms with E-state index >= 15 is 0 Å². The molecule has 2 N–H and O–H groups in total. The van der Waals surface area contributed by atoms with Crippen LogP contribution in [0.4, 0.5) is 15.8 Å². The highest BCUT2D eigenvalue weighted by atomic mass is 32.2. The minimum Gasteiger partial charge on any atom is -0.341 e. The summed E-state index contributed by atoms with van der Waals surface area (Å²) in [6.07, 6.45) is 4.53. The summed E-state index contributed by atoms with van der Waals surface area (Å²) < 4.78 is 69.2. The largest absolute Gasteiger partial charge is 0.341 e. The van der Waals surface area contributed by atoms with Crippen molar-refractivity contribution in [3.05, 3.63) is 53.8 Å². The molecule has 7 rings (SSSR count). The molecular formula is C26H27FN4O6S2. The van der Waals surface area contributed by atoms with Gasteiger partial charge in [0.1, 0.15) is 16.5 Å². The zero-order valence-corrected chi connectivity index (χ0v) is 22.6. The van der Waals surface area contributed by atoms with Crippen LogP contribution in [0.3, 0.4) is 0 Å². The summed E-state index contributed by atoms with van der Waals surface area (Å²) >= 11 is 0. The third-order valence-electron chi connectivity index (χ3n) is 8.26. The van der Waals surface area contributed by atoms with Crippen LogP contribution in [0.15, 0.2) is 51.8 Å². The van der Waals surface area contributed by atoms with E-state index in [4.69, 9.17) is 0 Å². The summed E-state index contributed by atoms with van der Waals surface area (Å²) in [5.41, 5.74) is 0.842. The zero-order valence-electron chi connectivity index (χ0n) is 21.0. The lowest BCUT2D eigenvalue weighted by Crippen LogP contribution is -2.66. The van der Waals surface area contributed by atoms with Gasteiger partial charge in [-0.1, -0.05) is 12.1 Å². The van der Waals surface area contributed by atoms with Crippen molar-refractivity contribution < 1.29 is 30.8 Å². The molecule has 13 heteroatoms. The number of halogens is 1. The number of sulfonamides is 2. The quantitative estimate of drug-likeness (QED) is 0.523. The van der Waals surface area contributed by atoms with Crippen molar-refractivity contribution in [2.24, 2.45) is 28.1 Å². The van der Waals surface area contributed by atoms with Crippen molar-refractivity contribution in [1.82, 2.24) is 4.90 Å². The van der Waals surface area contributed by atoms with Crippen LogP contribution in [-0.4, -0.2) is 51.6 Å². The maximum absolute atomic E-state index is 14.0. The average Bonchev–Trinajstić information content (AvgIpc) is 2.87. The van der Waals surface area contributed by atoms with Crippen LogP contribution in [0.25, 0.3) is 0 Å². The summed E-state index contributed by atoms with van der Waals surface area (Å²) in [5.74, 6) is -3.11. The second-order valence-electron chi connectivity index (χ2n) is 10.8. The Balaban J connectivity index is 1.38. The van der Waals surface area contributed by atoms with Crippen LogP contribution in [0, 0.1) is 29.5 Å². The number of likely N-dealkylation sites (tertiary alicyclic amines) is 1. The lowest BCUT2D eigenvalue weighted by Gasteiger charge is -2.55. The Morgan fingerprint density at radius 1 is 1.05 bits per heavy atom. The molecule has 3 unspecified atom stereocenters. The maximum Gasteiger partial charge on any atom is 0.286 e. The van der Waals surface area contributed by atoms with Crippen molar-refractivity contribution in [3.8, 4) is 0 Å². The molecule has 0 aromatic heterocycles. The molecule has 2 heterocycles. The van der Waals surface area contributed by atoms with Crippen molar-refractivity contribution in [2.45, 2.75) is 43.2 Å². The second-order valence-corrected chi connectivity index (χ2v) is 14.1. The minimum absolute atomic E-state index is 0.0386. The first-order valence-electron chi connectivity index (χ1n) is 12.7. The van der Waals surface area contributed by atoms with Crippen molar-refractivity contribution in [2.75, 3.05) is 16.3 Å². The van der Waals surface area contributed by atoms with Crippen LogP contribution in [-0.2, 0) is 36.2 Å². The molecule has 5 aliphatic rings. The molecule has 1 amide bonds. The predicted octanol–water partition coefficient (Wildman–Crippen LogP) is 2.74. The summed E-state index contributed by atoms with van der Waals surface area (Å²) in [6.45, 7) is 0.171. The molecule has 3 atom stereocenters. The Kier molecular flexibility index (Phi) is 6.06. The van der Waals surface area contributed by atoms with Gasteiger partial charge in [-0.15, -0.1) is 4.40 Å². The first-order chi connectivity index (χ1) is 18.4. The van der Waals surface area contributed by atoms with E-state index in [1.807, 2.05) is 0 Å². The number of anilines is 2. The fourth-order valence-electron chi connectivity index (χ4n) is 6.70. The van der Waals surface area contributed by atoms with Crippen LogP contribution < -0.4 is 10.0 Å². The normalized spacial score (nSPS) is 29.2. The van der Waals surface area contributed by atoms with Crippen molar-refractivity contribution in [3.63, 3.8) is 0 Å². The fraction of sp³-hybridized carbons (Fsp3) is 0.423. The van der Waals surface area contributed by atoms with E-state index in [2.05, 4.69) is 14.4 Å². The number of benzene rings is 2. The molecule has 3 saturated carbocycles. The number of fused-ring (bicyclic) bond motifs is 3. The van der Waals surface area contributed by atoms with Crippen molar-refractivity contribution >= 4 is 48.9 Å². The number of nitrogens with zero attached hydrogens (tertiary/aromatic N) is 2. The summed E-state index contributed by atoms with van der Waals surface area (Å²) in [5, 5.41) is 2.88. The Morgan fingerprint density at radius 2 is 1.72 bits per heavy atom. The van der Waals surface area contributed by atoms with Gasteiger partial charge in [-0.2, -0.15) is 8.42 Å². The van der Waals surface area contributed by atoms with E-state index in [1.165, 1.54) is 24.3 Å². The van der Waals surface area contributed by atoms with E-state index in [9.17, 15) is 30.8 Å². The number of carbonyl (C=O) groups is 2. The lowest BCUT2D eigenvalue weighted by atomic mass is 9.57. The van der Waals surface area contributed by atoms with Crippen LogP contribution >= 0.6 is 0 Å². The number of carbonyl (C=O) groups excluding carboxylic acids is 2. The Labute approximate surface area is 225 Å². The smallest absolute Gasteiger partial charge is 0.286 e. The number of ketones is 1. The number of rotatable bonds is 5. The molecule has 10 nitrogen and oxygen atoms in total. The standard InChI is InChI=1S/C26H27FN4O6S2/c1-38(34,35)29-18-10-11-19-20(12-18)39(36,37)30-25(28-19)22-24(32)21-15-4-6-16(7-5-15)23(21)31(26(22)33)13-14-2-8-17(27)9-3-14/h2-3,8-12,15-16,21-23,29H,4-7,13H2,1H3,(H,28,30). The molecule has 206 valence electrons. The number of piperidine rings is 1. The Bertz CT molecular complexity index is 1620. The van der Waals surface area contributed by atoms with Gasteiger partial charge in [0.15, 0.2) is 11.7 Å². The molecule has 4 fully saturated rings. The number of amidine groups is 1. The highest BCUT2D eigenvalue weighted by Crippen LogP contribution is 2.51. The molecule has 3 aliphatic carbocycles. The number of amides is 1. The Hall–Kier alpha value is -3.32. The monoisotopic (exact) mass is 574 g/mol. The highest BCUT2D eigenvalue weighted by molar-refractivity contribution is 7.92. The number of nitrogens with one attached hydrogen (secondary N) is 2. The van der Waals surface area contributed by atoms with E-state index < -0.39 is 43.6 Å². The zero-order chi connectivity index (χ0) is 27.7. The van der Waals surface area contributed by atoms with E-state index in [0.717, 1.165) is 38.0 Å². The SMILES string of the molecule is CS(=O)(=O)Nc1ccc2c(c1)S(=O)(=O)N=C(C1C(=O)C3C4CCC(CC4)C3N(Cc3ccc(F)cc3)C1=O)N2. The highest BCUT2D eigenvalue weighted by Gasteiger charge is 2.58. The summed E-state index contributed by atoms with van der Waals surface area (Å²) in [7, 11) is -8.01. The Morgan fingerprint density at radius 3 is 2.38 bits per heavy atom. The van der Waals surface area contributed by atoms with Gasteiger partial charge >= 0.3 is 0 Å². The molecule has 0 radical (unpaired) electrons. The number of hydrogen-bond acceptors (Lipinski definition) is 7. The van der Waals surface area contributed by atoms with Gasteiger partial charge in [-0.25, -0.2) is 12.8 Å². The molecule has 0 spiro atoms. The van der Waals surface area contributed by atoms with Crippen LogP contribution in [0.2, 0.25) is 0 Å². The summed E-state index contributed by atoms with van der Waals surface area (Å²) in [6, 6.07) is 9.44. The van der Waals surface area contributed by atoms with E-state index in [-0.39, 0.29) is 52.3 Å². The topological polar surface area (TPSA) is 142 Å².